The number of anilines is 3. The third-order valence-corrected chi connectivity index (χ3v) is 3.69. The molecule has 2 heterocycles. The zero-order valence-corrected chi connectivity index (χ0v) is 12.0. The standard InChI is InChI=1S/C13H24N6O/c1-2-10(5-8-20)9-15-12-16-11(14)17-13(18-12)19-6-3-4-7-19/h10,20H,2-9H2,1H3,(H3,14,15,16,17,18). The van der Waals surface area contributed by atoms with Gasteiger partial charge in [-0.25, -0.2) is 0 Å². The van der Waals surface area contributed by atoms with Crippen molar-refractivity contribution in [3.63, 3.8) is 0 Å². The third kappa shape index (κ3) is 3.93. The maximum Gasteiger partial charge on any atom is 0.231 e. The molecule has 1 atom stereocenters. The number of aliphatic hydroxyl groups is 1. The maximum absolute atomic E-state index is 9.00. The fourth-order valence-electron chi connectivity index (χ4n) is 2.39. The van der Waals surface area contributed by atoms with E-state index in [0.29, 0.717) is 17.8 Å². The minimum absolute atomic E-state index is 0.207. The fraction of sp³-hybridized carbons (Fsp3) is 0.769. The third-order valence-electron chi connectivity index (χ3n) is 3.69. The molecule has 1 fully saturated rings. The average Bonchev–Trinajstić information content (AvgIpc) is 2.97. The van der Waals surface area contributed by atoms with Crippen LogP contribution in [0.5, 0.6) is 0 Å². The summed E-state index contributed by atoms with van der Waals surface area (Å²) in [5.74, 6) is 1.84. The van der Waals surface area contributed by atoms with Crippen molar-refractivity contribution in [2.45, 2.75) is 32.6 Å². The molecular weight excluding hydrogens is 256 g/mol. The van der Waals surface area contributed by atoms with Crippen LogP contribution in [0, 0.1) is 5.92 Å². The zero-order chi connectivity index (χ0) is 14.4. The Morgan fingerprint density at radius 2 is 2.05 bits per heavy atom. The molecule has 112 valence electrons. The molecule has 7 heteroatoms. The Kier molecular flexibility index (Phi) is 5.34. The predicted molar refractivity (Wildman–Crippen MR) is 79.7 cm³/mol. The van der Waals surface area contributed by atoms with Gasteiger partial charge in [-0.05, 0) is 25.2 Å². The molecule has 0 bridgehead atoms. The molecular formula is C13H24N6O. The lowest BCUT2D eigenvalue weighted by atomic mass is 10.0. The number of nitrogens with two attached hydrogens (primary N) is 1. The number of rotatable bonds is 7. The van der Waals surface area contributed by atoms with Crippen molar-refractivity contribution in [1.82, 2.24) is 15.0 Å². The molecule has 1 unspecified atom stereocenters. The predicted octanol–water partition coefficient (Wildman–Crippen LogP) is 0.874. The molecule has 0 amide bonds. The van der Waals surface area contributed by atoms with Crippen LogP contribution < -0.4 is 16.0 Å². The van der Waals surface area contributed by atoms with Crippen molar-refractivity contribution >= 4 is 17.8 Å². The summed E-state index contributed by atoms with van der Waals surface area (Å²) in [7, 11) is 0. The highest BCUT2D eigenvalue weighted by Crippen LogP contribution is 2.18. The molecule has 4 N–H and O–H groups in total. The van der Waals surface area contributed by atoms with E-state index in [9.17, 15) is 0 Å². The Bertz CT molecular complexity index is 421. The molecule has 7 nitrogen and oxygen atoms in total. The van der Waals surface area contributed by atoms with Gasteiger partial charge in [-0.15, -0.1) is 0 Å². The number of nitrogens with zero attached hydrogens (tertiary/aromatic N) is 4. The second-order valence-electron chi connectivity index (χ2n) is 5.18. The van der Waals surface area contributed by atoms with Gasteiger partial charge in [0, 0.05) is 26.2 Å². The van der Waals surface area contributed by atoms with Gasteiger partial charge >= 0.3 is 0 Å². The van der Waals surface area contributed by atoms with E-state index in [2.05, 4.69) is 32.1 Å². The second kappa shape index (κ2) is 7.23. The van der Waals surface area contributed by atoms with Gasteiger partial charge in [0.05, 0.1) is 0 Å². The first-order valence-electron chi connectivity index (χ1n) is 7.34. The van der Waals surface area contributed by atoms with Crippen LogP contribution in [-0.4, -0.2) is 46.3 Å². The zero-order valence-electron chi connectivity index (χ0n) is 12.0. The highest BCUT2D eigenvalue weighted by atomic mass is 16.3. The van der Waals surface area contributed by atoms with Gasteiger partial charge < -0.3 is 21.1 Å². The largest absolute Gasteiger partial charge is 0.396 e. The highest BCUT2D eigenvalue weighted by Gasteiger charge is 2.17. The van der Waals surface area contributed by atoms with Gasteiger partial charge in [0.2, 0.25) is 17.8 Å². The van der Waals surface area contributed by atoms with E-state index in [1.54, 1.807) is 0 Å². The van der Waals surface area contributed by atoms with Crippen LogP contribution in [0.2, 0.25) is 0 Å². The molecule has 0 aliphatic carbocycles. The normalized spacial score (nSPS) is 16.4. The molecule has 1 aromatic heterocycles. The quantitative estimate of drug-likeness (QED) is 0.681. The van der Waals surface area contributed by atoms with Gasteiger partial charge in [-0.3, -0.25) is 0 Å². The Morgan fingerprint density at radius 1 is 1.30 bits per heavy atom. The van der Waals surface area contributed by atoms with E-state index < -0.39 is 0 Å². The summed E-state index contributed by atoms with van der Waals surface area (Å²) in [5.41, 5.74) is 5.76. The molecule has 20 heavy (non-hydrogen) atoms. The van der Waals surface area contributed by atoms with Crippen molar-refractivity contribution in [2.24, 2.45) is 5.92 Å². The SMILES string of the molecule is CCC(CCO)CNc1nc(N)nc(N2CCCC2)n1. The van der Waals surface area contributed by atoms with Crippen molar-refractivity contribution < 1.29 is 5.11 Å². The molecule has 0 aromatic carbocycles. The number of nitrogen functional groups attached to an aromatic ring is 1. The van der Waals surface area contributed by atoms with Crippen LogP contribution in [-0.2, 0) is 0 Å². The Labute approximate surface area is 119 Å². The van der Waals surface area contributed by atoms with E-state index >= 15 is 0 Å². The van der Waals surface area contributed by atoms with Crippen LogP contribution in [0.15, 0.2) is 0 Å². The monoisotopic (exact) mass is 280 g/mol. The van der Waals surface area contributed by atoms with E-state index in [4.69, 9.17) is 10.8 Å². The lowest BCUT2D eigenvalue weighted by Gasteiger charge is -2.17. The number of hydrogen-bond acceptors (Lipinski definition) is 7. The van der Waals surface area contributed by atoms with E-state index in [1.165, 1.54) is 12.8 Å². The first kappa shape index (κ1) is 14.8. The second-order valence-corrected chi connectivity index (χ2v) is 5.18. The summed E-state index contributed by atoms with van der Waals surface area (Å²) in [6, 6.07) is 0. The summed E-state index contributed by atoms with van der Waals surface area (Å²) < 4.78 is 0. The summed E-state index contributed by atoms with van der Waals surface area (Å²) in [6.07, 6.45) is 4.13. The number of aromatic nitrogens is 3. The van der Waals surface area contributed by atoms with Gasteiger partial charge in [-0.1, -0.05) is 13.3 Å². The number of hydrogen-bond donors (Lipinski definition) is 3. The van der Waals surface area contributed by atoms with Gasteiger partial charge in [-0.2, -0.15) is 15.0 Å². The first-order valence-corrected chi connectivity index (χ1v) is 7.34. The lowest BCUT2D eigenvalue weighted by Crippen LogP contribution is -2.23. The summed E-state index contributed by atoms with van der Waals surface area (Å²) in [4.78, 5) is 14.9. The topological polar surface area (TPSA) is 100 Å². The molecule has 1 aliphatic heterocycles. The average molecular weight is 280 g/mol. The summed E-state index contributed by atoms with van der Waals surface area (Å²) in [6.45, 7) is 5.01. The lowest BCUT2D eigenvalue weighted by molar-refractivity contribution is 0.258. The Balaban J connectivity index is 2.00. The minimum atomic E-state index is 0.207. The smallest absolute Gasteiger partial charge is 0.231 e. The van der Waals surface area contributed by atoms with E-state index in [0.717, 1.165) is 32.5 Å². The Morgan fingerprint density at radius 3 is 2.70 bits per heavy atom. The molecule has 1 saturated heterocycles. The maximum atomic E-state index is 9.00. The van der Waals surface area contributed by atoms with Crippen molar-refractivity contribution in [1.29, 1.82) is 0 Å². The van der Waals surface area contributed by atoms with Crippen LogP contribution in [0.3, 0.4) is 0 Å². The van der Waals surface area contributed by atoms with Crippen LogP contribution in [0.4, 0.5) is 17.8 Å². The molecule has 0 spiro atoms. The van der Waals surface area contributed by atoms with Crippen LogP contribution in [0.25, 0.3) is 0 Å². The molecule has 1 aromatic rings. The molecule has 0 radical (unpaired) electrons. The van der Waals surface area contributed by atoms with Crippen molar-refractivity contribution in [2.75, 3.05) is 42.2 Å². The van der Waals surface area contributed by atoms with Crippen LogP contribution in [0.1, 0.15) is 32.6 Å². The minimum Gasteiger partial charge on any atom is -0.396 e. The Hall–Kier alpha value is -1.63. The van der Waals surface area contributed by atoms with Crippen molar-refractivity contribution in [3.05, 3.63) is 0 Å². The summed E-state index contributed by atoms with van der Waals surface area (Å²) in [5, 5.41) is 12.2. The molecule has 1 aliphatic rings. The van der Waals surface area contributed by atoms with Crippen molar-refractivity contribution in [3.8, 4) is 0 Å². The first-order chi connectivity index (χ1) is 9.72. The van der Waals surface area contributed by atoms with E-state index in [-0.39, 0.29) is 12.6 Å². The van der Waals surface area contributed by atoms with Gasteiger partial charge in [0.15, 0.2) is 0 Å². The molecule has 0 saturated carbocycles. The van der Waals surface area contributed by atoms with Gasteiger partial charge in [0.1, 0.15) is 0 Å². The number of nitrogens with one attached hydrogen (secondary N) is 1. The number of aliphatic hydroxyl groups excluding tert-OH is 1. The van der Waals surface area contributed by atoms with Crippen LogP contribution >= 0.6 is 0 Å². The highest BCUT2D eigenvalue weighted by molar-refractivity contribution is 5.42. The van der Waals surface area contributed by atoms with Gasteiger partial charge in [0.25, 0.3) is 0 Å². The fourth-order valence-corrected chi connectivity index (χ4v) is 2.39. The summed E-state index contributed by atoms with van der Waals surface area (Å²) >= 11 is 0. The van der Waals surface area contributed by atoms with E-state index in [1.807, 2.05) is 0 Å². The molecule has 2 rings (SSSR count).